The van der Waals surface area contributed by atoms with E-state index in [0.717, 1.165) is 0 Å². The third kappa shape index (κ3) is 3.15. The summed E-state index contributed by atoms with van der Waals surface area (Å²) in [5.41, 5.74) is 6.38. The Kier molecular flexibility index (Phi) is 4.45. The number of ether oxygens (including phenoxy) is 1. The minimum absolute atomic E-state index is 0.0102. The molecule has 2 N–H and O–H groups in total. The number of benzene rings is 1. The van der Waals surface area contributed by atoms with Gasteiger partial charge in [-0.25, -0.2) is 4.39 Å². The Morgan fingerprint density at radius 2 is 1.95 bits per heavy atom. The second-order valence-corrected chi connectivity index (χ2v) is 5.29. The van der Waals surface area contributed by atoms with Gasteiger partial charge in [0.2, 0.25) is 0 Å². The fourth-order valence-electron chi connectivity index (χ4n) is 2.61. The predicted molar refractivity (Wildman–Crippen MR) is 76.2 cm³/mol. The van der Waals surface area contributed by atoms with Gasteiger partial charge < -0.3 is 15.4 Å². The van der Waals surface area contributed by atoms with E-state index in [9.17, 15) is 14.0 Å². The highest BCUT2D eigenvalue weighted by atomic mass is 19.1. The molecular weight excluding hydrogens is 275 g/mol. The molecular formula is C15H19FN2O3. The summed E-state index contributed by atoms with van der Waals surface area (Å²) in [5.74, 6) is -1.37. The van der Waals surface area contributed by atoms with Crippen LogP contribution in [0.4, 0.5) is 10.1 Å². The largest absolute Gasteiger partial charge is 0.469 e. The number of nitrogens with zero attached hydrogens (tertiary/aromatic N) is 1. The number of anilines is 1. The van der Waals surface area contributed by atoms with Crippen molar-refractivity contribution < 1.29 is 18.7 Å². The van der Waals surface area contributed by atoms with E-state index in [1.807, 2.05) is 0 Å². The van der Waals surface area contributed by atoms with Crippen molar-refractivity contribution in [3.8, 4) is 0 Å². The van der Waals surface area contributed by atoms with E-state index in [-0.39, 0.29) is 23.4 Å². The lowest BCUT2D eigenvalue weighted by molar-refractivity contribution is -0.146. The zero-order chi connectivity index (χ0) is 15.6. The predicted octanol–water partition coefficient (Wildman–Crippen LogP) is 1.74. The molecule has 114 valence electrons. The van der Waals surface area contributed by atoms with Gasteiger partial charge in [-0.05, 0) is 37.5 Å². The number of piperidine rings is 1. The molecule has 5 nitrogen and oxygen atoms in total. The standard InChI is InChI=1S/C15H19FN2O3/c1-9-7-11(17)8-12(13(9)16)14(19)18-5-3-10(4-6-18)15(20)21-2/h7-8,10H,3-6,17H2,1-2H3. The molecule has 0 aliphatic carbocycles. The van der Waals surface area contributed by atoms with E-state index in [1.165, 1.54) is 19.2 Å². The van der Waals surface area contributed by atoms with E-state index in [2.05, 4.69) is 0 Å². The number of esters is 1. The number of halogens is 1. The lowest BCUT2D eigenvalue weighted by Gasteiger charge is -2.31. The van der Waals surface area contributed by atoms with Gasteiger partial charge in [0, 0.05) is 18.8 Å². The Labute approximate surface area is 122 Å². The molecule has 0 unspecified atom stereocenters. The molecule has 1 saturated heterocycles. The highest BCUT2D eigenvalue weighted by Gasteiger charge is 2.29. The molecule has 0 spiro atoms. The molecule has 0 atom stereocenters. The molecule has 1 fully saturated rings. The topological polar surface area (TPSA) is 72.6 Å². The summed E-state index contributed by atoms with van der Waals surface area (Å²) >= 11 is 0. The lowest BCUT2D eigenvalue weighted by Crippen LogP contribution is -2.40. The summed E-state index contributed by atoms with van der Waals surface area (Å²) in [6.07, 6.45) is 1.06. The highest BCUT2D eigenvalue weighted by molar-refractivity contribution is 5.95. The van der Waals surface area contributed by atoms with Crippen LogP contribution in [0.3, 0.4) is 0 Å². The van der Waals surface area contributed by atoms with Gasteiger partial charge in [0.25, 0.3) is 5.91 Å². The van der Waals surface area contributed by atoms with Gasteiger partial charge in [0.05, 0.1) is 18.6 Å². The molecule has 1 amide bonds. The monoisotopic (exact) mass is 294 g/mol. The molecule has 21 heavy (non-hydrogen) atoms. The van der Waals surface area contributed by atoms with E-state index < -0.39 is 5.82 Å². The number of nitrogens with two attached hydrogens (primary N) is 1. The smallest absolute Gasteiger partial charge is 0.308 e. The van der Waals surface area contributed by atoms with Crippen molar-refractivity contribution in [3.63, 3.8) is 0 Å². The fourth-order valence-corrected chi connectivity index (χ4v) is 2.61. The third-order valence-electron chi connectivity index (χ3n) is 3.82. The van der Waals surface area contributed by atoms with Crippen LogP contribution in [0, 0.1) is 18.7 Å². The van der Waals surface area contributed by atoms with Crippen LogP contribution in [0.2, 0.25) is 0 Å². The van der Waals surface area contributed by atoms with Gasteiger partial charge in [-0.3, -0.25) is 9.59 Å². The number of amides is 1. The number of carbonyl (C=O) groups is 2. The molecule has 0 bridgehead atoms. The van der Waals surface area contributed by atoms with Crippen LogP contribution < -0.4 is 5.73 Å². The number of hydrogen-bond donors (Lipinski definition) is 1. The summed E-state index contributed by atoms with van der Waals surface area (Å²) in [4.78, 5) is 25.4. The first-order chi connectivity index (χ1) is 9.93. The number of methoxy groups -OCH3 is 1. The first kappa shape index (κ1) is 15.3. The van der Waals surface area contributed by atoms with E-state index in [4.69, 9.17) is 10.5 Å². The minimum Gasteiger partial charge on any atom is -0.469 e. The Morgan fingerprint density at radius 1 is 1.33 bits per heavy atom. The van der Waals surface area contributed by atoms with Crippen molar-refractivity contribution in [2.75, 3.05) is 25.9 Å². The van der Waals surface area contributed by atoms with Gasteiger partial charge >= 0.3 is 5.97 Å². The van der Waals surface area contributed by atoms with Crippen molar-refractivity contribution in [1.82, 2.24) is 4.90 Å². The van der Waals surface area contributed by atoms with Gasteiger partial charge in [0.15, 0.2) is 0 Å². The second-order valence-electron chi connectivity index (χ2n) is 5.29. The Hall–Kier alpha value is -2.11. The zero-order valence-electron chi connectivity index (χ0n) is 12.2. The second kappa shape index (κ2) is 6.11. The number of aryl methyl sites for hydroxylation is 1. The highest BCUT2D eigenvalue weighted by Crippen LogP contribution is 2.23. The van der Waals surface area contributed by atoms with E-state index >= 15 is 0 Å². The maximum Gasteiger partial charge on any atom is 0.308 e. The molecule has 6 heteroatoms. The normalized spacial score (nSPS) is 15.9. The molecule has 0 radical (unpaired) electrons. The van der Waals surface area contributed by atoms with Crippen molar-refractivity contribution >= 4 is 17.6 Å². The molecule has 1 aliphatic rings. The molecule has 1 heterocycles. The quantitative estimate of drug-likeness (QED) is 0.666. The average Bonchev–Trinajstić information content (AvgIpc) is 2.49. The minimum atomic E-state index is -0.538. The summed E-state index contributed by atoms with van der Waals surface area (Å²) in [6.45, 7) is 2.39. The first-order valence-corrected chi connectivity index (χ1v) is 6.86. The number of nitrogen functional groups attached to an aromatic ring is 1. The Bertz CT molecular complexity index is 566. The van der Waals surface area contributed by atoms with Crippen LogP contribution >= 0.6 is 0 Å². The summed E-state index contributed by atoms with van der Waals surface area (Å²) in [7, 11) is 1.35. The maximum absolute atomic E-state index is 14.1. The van der Waals surface area contributed by atoms with Crippen molar-refractivity contribution in [1.29, 1.82) is 0 Å². The van der Waals surface area contributed by atoms with Gasteiger partial charge in [0.1, 0.15) is 5.82 Å². The number of likely N-dealkylation sites (tertiary alicyclic amines) is 1. The van der Waals surface area contributed by atoms with Crippen molar-refractivity contribution in [2.24, 2.45) is 5.92 Å². The van der Waals surface area contributed by atoms with Gasteiger partial charge in [-0.15, -0.1) is 0 Å². The number of hydrogen-bond acceptors (Lipinski definition) is 4. The van der Waals surface area contributed by atoms with E-state index in [1.54, 1.807) is 11.8 Å². The molecule has 0 saturated carbocycles. The maximum atomic E-state index is 14.1. The van der Waals surface area contributed by atoms with Crippen LogP contribution in [0.15, 0.2) is 12.1 Å². The van der Waals surface area contributed by atoms with E-state index in [0.29, 0.717) is 37.2 Å². The first-order valence-electron chi connectivity index (χ1n) is 6.86. The zero-order valence-corrected chi connectivity index (χ0v) is 12.2. The average molecular weight is 294 g/mol. The summed E-state index contributed by atoms with van der Waals surface area (Å²) in [5, 5.41) is 0. The number of rotatable bonds is 2. The van der Waals surface area contributed by atoms with Crippen LogP contribution in [-0.2, 0) is 9.53 Å². The molecule has 0 aromatic heterocycles. The van der Waals surface area contributed by atoms with Gasteiger partial charge in [-0.1, -0.05) is 0 Å². The van der Waals surface area contributed by atoms with Crippen LogP contribution in [-0.4, -0.2) is 37.0 Å². The fraction of sp³-hybridized carbons (Fsp3) is 0.467. The third-order valence-corrected chi connectivity index (χ3v) is 3.82. The van der Waals surface area contributed by atoms with Crippen LogP contribution in [0.25, 0.3) is 0 Å². The summed E-state index contributed by atoms with van der Waals surface area (Å²) in [6, 6.07) is 2.85. The van der Waals surface area contributed by atoms with Crippen molar-refractivity contribution in [2.45, 2.75) is 19.8 Å². The Balaban J connectivity index is 2.11. The Morgan fingerprint density at radius 3 is 2.52 bits per heavy atom. The molecule has 2 rings (SSSR count). The SMILES string of the molecule is COC(=O)C1CCN(C(=O)c2cc(N)cc(C)c2F)CC1. The van der Waals surface area contributed by atoms with Crippen molar-refractivity contribution in [3.05, 3.63) is 29.1 Å². The van der Waals surface area contributed by atoms with Crippen LogP contribution in [0.5, 0.6) is 0 Å². The van der Waals surface area contributed by atoms with Crippen LogP contribution in [0.1, 0.15) is 28.8 Å². The summed E-state index contributed by atoms with van der Waals surface area (Å²) < 4.78 is 18.8. The molecule has 1 aliphatic heterocycles. The lowest BCUT2D eigenvalue weighted by atomic mass is 9.96. The molecule has 1 aromatic rings. The van der Waals surface area contributed by atoms with Gasteiger partial charge in [-0.2, -0.15) is 0 Å². The molecule has 1 aromatic carbocycles. The number of carbonyl (C=O) groups excluding carboxylic acids is 2.